The van der Waals surface area contributed by atoms with Gasteiger partial charge in [0, 0.05) is 37.8 Å². The number of nitrogens with zero attached hydrogens (tertiary/aromatic N) is 1. The summed E-state index contributed by atoms with van der Waals surface area (Å²) in [7, 11) is 1.55. The average molecular weight is 333 g/mol. The molecule has 1 aliphatic carbocycles. The Labute approximate surface area is 138 Å². The number of carbonyl (C=O) groups is 3. The van der Waals surface area contributed by atoms with Gasteiger partial charge in [-0.3, -0.25) is 14.4 Å². The maximum absolute atomic E-state index is 12.8. The smallest absolute Gasteiger partial charge is 0.302 e. The number of fused-ring (bicyclic) bond motifs is 4. The van der Waals surface area contributed by atoms with Gasteiger partial charge in [-0.1, -0.05) is 0 Å². The van der Waals surface area contributed by atoms with E-state index in [1.54, 1.807) is 14.0 Å². The van der Waals surface area contributed by atoms with Crippen molar-refractivity contribution >= 4 is 17.5 Å². The van der Waals surface area contributed by atoms with Crippen molar-refractivity contribution in [2.45, 2.75) is 31.7 Å². The van der Waals surface area contributed by atoms with Crippen LogP contribution in [0.5, 0.6) is 0 Å². The maximum Gasteiger partial charge on any atom is 0.302 e. The summed E-state index contributed by atoms with van der Waals surface area (Å²) < 4.78 is 11.0. The monoisotopic (exact) mass is 333 g/mol. The SMILES string of the molecule is CO[C@]12C(COC(C)=O)C3=C(C(=O)C(C)=C(N)C3=O)N1CC1NC12. The first-order valence-electron chi connectivity index (χ1n) is 7.86. The Kier molecular flexibility index (Phi) is 2.99. The molecule has 8 heteroatoms. The molecular weight excluding hydrogens is 314 g/mol. The standard InChI is InChI=1S/C16H19N3O5/c1-6-11(17)14(22)10-8(5-24-7(2)20)16(23-3)15-9(18-15)4-19(16)12(10)13(6)21/h8-9,15,18H,4-5,17H2,1-3H3/t8?,9?,15?,16-/m0/s1. The van der Waals surface area contributed by atoms with Crippen LogP contribution < -0.4 is 11.1 Å². The number of piperazine rings is 1. The van der Waals surface area contributed by atoms with Crippen molar-refractivity contribution in [1.82, 2.24) is 10.2 Å². The molecule has 0 spiro atoms. The lowest BCUT2D eigenvalue weighted by molar-refractivity contribution is -0.156. The zero-order chi connectivity index (χ0) is 17.4. The Morgan fingerprint density at radius 1 is 1.42 bits per heavy atom. The molecule has 4 atom stereocenters. The summed E-state index contributed by atoms with van der Waals surface area (Å²) in [5.41, 5.74) is 5.82. The summed E-state index contributed by atoms with van der Waals surface area (Å²) in [4.78, 5) is 38.8. The molecule has 3 aliphatic heterocycles. The predicted molar refractivity (Wildman–Crippen MR) is 81.2 cm³/mol. The van der Waals surface area contributed by atoms with Crippen LogP contribution in [0.4, 0.5) is 0 Å². The third-order valence-electron chi connectivity index (χ3n) is 5.54. The average Bonchev–Trinajstić information content (AvgIpc) is 3.16. The maximum atomic E-state index is 12.8. The summed E-state index contributed by atoms with van der Waals surface area (Å²) >= 11 is 0. The van der Waals surface area contributed by atoms with Gasteiger partial charge in [0.2, 0.25) is 11.6 Å². The summed E-state index contributed by atoms with van der Waals surface area (Å²) in [6.45, 7) is 3.40. The largest absolute Gasteiger partial charge is 0.465 e. The van der Waals surface area contributed by atoms with Crippen molar-refractivity contribution in [3.8, 4) is 0 Å². The highest BCUT2D eigenvalue weighted by molar-refractivity contribution is 6.25. The second-order valence-corrected chi connectivity index (χ2v) is 6.63. The molecule has 8 nitrogen and oxygen atoms in total. The molecule has 4 aliphatic rings. The number of nitrogens with two attached hydrogens (primary N) is 1. The molecule has 0 amide bonds. The zero-order valence-electron chi connectivity index (χ0n) is 13.7. The van der Waals surface area contributed by atoms with E-state index in [9.17, 15) is 14.4 Å². The van der Waals surface area contributed by atoms with Crippen LogP contribution in [0.1, 0.15) is 13.8 Å². The number of hydrogen-bond donors (Lipinski definition) is 2. The van der Waals surface area contributed by atoms with Crippen LogP contribution in [0, 0.1) is 5.92 Å². The van der Waals surface area contributed by atoms with E-state index in [0.717, 1.165) is 0 Å². The van der Waals surface area contributed by atoms with Gasteiger partial charge in [0.25, 0.3) is 0 Å². The van der Waals surface area contributed by atoms with Crippen LogP contribution in [0.15, 0.2) is 22.5 Å². The van der Waals surface area contributed by atoms with Gasteiger partial charge in [-0.25, -0.2) is 0 Å². The van der Waals surface area contributed by atoms with Crippen molar-refractivity contribution < 1.29 is 23.9 Å². The zero-order valence-corrected chi connectivity index (χ0v) is 13.7. The van der Waals surface area contributed by atoms with Gasteiger partial charge >= 0.3 is 5.97 Å². The van der Waals surface area contributed by atoms with E-state index in [1.165, 1.54) is 6.92 Å². The molecule has 2 fully saturated rings. The molecular formula is C16H19N3O5. The minimum atomic E-state index is -0.902. The highest BCUT2D eigenvalue weighted by atomic mass is 16.5. The molecule has 0 aromatic carbocycles. The van der Waals surface area contributed by atoms with Crippen LogP contribution in [0.2, 0.25) is 0 Å². The molecule has 0 saturated carbocycles. The second kappa shape index (κ2) is 4.67. The van der Waals surface area contributed by atoms with Gasteiger partial charge in [0.15, 0.2) is 5.72 Å². The van der Waals surface area contributed by atoms with Crippen molar-refractivity contribution in [3.63, 3.8) is 0 Å². The summed E-state index contributed by atoms with van der Waals surface area (Å²) in [5, 5.41) is 3.31. The lowest BCUT2D eigenvalue weighted by Crippen LogP contribution is -2.55. The fourth-order valence-corrected chi connectivity index (χ4v) is 4.35. The number of ether oxygens (including phenoxy) is 2. The van der Waals surface area contributed by atoms with Gasteiger partial charge in [-0.15, -0.1) is 0 Å². The first-order valence-corrected chi connectivity index (χ1v) is 7.86. The molecule has 3 N–H and O–H groups in total. The number of esters is 1. The Morgan fingerprint density at radius 3 is 2.75 bits per heavy atom. The van der Waals surface area contributed by atoms with Crippen molar-refractivity contribution in [1.29, 1.82) is 0 Å². The molecule has 3 heterocycles. The molecule has 0 bridgehead atoms. The van der Waals surface area contributed by atoms with Crippen LogP contribution in [0.3, 0.4) is 0 Å². The lowest BCUT2D eigenvalue weighted by Gasteiger charge is -2.39. The Balaban J connectivity index is 1.85. The van der Waals surface area contributed by atoms with Crippen LogP contribution in [-0.4, -0.2) is 60.5 Å². The minimum Gasteiger partial charge on any atom is -0.465 e. The molecule has 0 aromatic heterocycles. The van der Waals surface area contributed by atoms with Crippen molar-refractivity contribution in [2.75, 3.05) is 20.3 Å². The van der Waals surface area contributed by atoms with Crippen molar-refractivity contribution in [2.24, 2.45) is 11.7 Å². The van der Waals surface area contributed by atoms with E-state index in [4.69, 9.17) is 15.2 Å². The lowest BCUT2D eigenvalue weighted by atomic mass is 9.82. The second-order valence-electron chi connectivity index (χ2n) is 6.63. The number of carbonyl (C=O) groups excluding carboxylic acids is 3. The predicted octanol–water partition coefficient (Wildman–Crippen LogP) is -1.18. The number of Topliss-reactive ketones (excluding diaryl/α,β-unsaturated/α-hetero) is 2. The van der Waals surface area contributed by atoms with Gasteiger partial charge in [0.1, 0.15) is 6.61 Å². The van der Waals surface area contributed by atoms with Crippen LogP contribution in [0.25, 0.3) is 0 Å². The third-order valence-corrected chi connectivity index (χ3v) is 5.54. The summed E-state index contributed by atoms with van der Waals surface area (Å²) in [5.74, 6) is -1.64. The van der Waals surface area contributed by atoms with Crippen LogP contribution in [-0.2, 0) is 23.9 Å². The number of rotatable bonds is 3. The summed E-state index contributed by atoms with van der Waals surface area (Å²) in [6.07, 6.45) is 0. The van der Waals surface area contributed by atoms with Crippen LogP contribution >= 0.6 is 0 Å². The summed E-state index contributed by atoms with van der Waals surface area (Å²) in [6, 6.07) is 0.182. The van der Waals surface area contributed by atoms with Gasteiger partial charge in [-0.2, -0.15) is 0 Å². The van der Waals surface area contributed by atoms with E-state index in [2.05, 4.69) is 5.32 Å². The first kappa shape index (κ1) is 15.3. The number of ketones is 2. The van der Waals surface area contributed by atoms with Gasteiger partial charge < -0.3 is 25.4 Å². The quantitative estimate of drug-likeness (QED) is 0.376. The number of allylic oxidation sites excluding steroid dienone is 2. The Bertz CT molecular complexity index is 755. The highest BCUT2D eigenvalue weighted by Gasteiger charge is 2.72. The van der Waals surface area contributed by atoms with E-state index in [1.807, 2.05) is 4.90 Å². The van der Waals surface area contributed by atoms with E-state index in [0.29, 0.717) is 17.8 Å². The van der Waals surface area contributed by atoms with E-state index < -0.39 is 17.6 Å². The number of methoxy groups -OCH3 is 1. The highest BCUT2D eigenvalue weighted by Crippen LogP contribution is 2.55. The number of hydrogen-bond acceptors (Lipinski definition) is 8. The van der Waals surface area contributed by atoms with Gasteiger partial charge in [0.05, 0.1) is 23.4 Å². The number of nitrogens with one attached hydrogen (secondary N) is 1. The first-order chi connectivity index (χ1) is 11.3. The topological polar surface area (TPSA) is 121 Å². The Hall–Kier alpha value is -2.19. The minimum absolute atomic E-state index is 0.0178. The fourth-order valence-electron chi connectivity index (χ4n) is 4.35. The van der Waals surface area contributed by atoms with Crippen molar-refractivity contribution in [3.05, 3.63) is 22.5 Å². The molecule has 2 saturated heterocycles. The molecule has 128 valence electrons. The Morgan fingerprint density at radius 2 is 2.12 bits per heavy atom. The molecule has 4 rings (SSSR count). The third kappa shape index (κ3) is 1.62. The molecule has 0 radical (unpaired) electrons. The molecule has 0 aromatic rings. The molecule has 3 unspecified atom stereocenters. The van der Waals surface area contributed by atoms with E-state index >= 15 is 0 Å². The van der Waals surface area contributed by atoms with Gasteiger partial charge in [-0.05, 0) is 6.92 Å². The normalized spacial score (nSPS) is 36.8. The van der Waals surface area contributed by atoms with E-state index in [-0.39, 0.29) is 41.5 Å². The fraction of sp³-hybridized carbons (Fsp3) is 0.562. The molecule has 24 heavy (non-hydrogen) atoms.